The van der Waals surface area contributed by atoms with Gasteiger partial charge < -0.3 is 10.1 Å². The number of carbonyl (C=O) groups excluding carboxylic acids is 2. The molecule has 1 heterocycles. The van der Waals surface area contributed by atoms with Crippen molar-refractivity contribution in [2.45, 2.75) is 38.1 Å². The Labute approximate surface area is 147 Å². The molecule has 1 saturated heterocycles. The number of para-hydroxylation sites is 1. The average molecular weight is 341 g/mol. The van der Waals surface area contributed by atoms with Crippen molar-refractivity contribution in [2.75, 3.05) is 7.11 Å². The monoisotopic (exact) mass is 341 g/mol. The van der Waals surface area contributed by atoms with Crippen LogP contribution in [0.3, 0.4) is 0 Å². The number of imide groups is 1. The first kappa shape index (κ1) is 17.2. The van der Waals surface area contributed by atoms with E-state index in [2.05, 4.69) is 17.3 Å². The molecule has 6 heteroatoms. The van der Waals surface area contributed by atoms with Gasteiger partial charge in [-0.05, 0) is 49.8 Å². The minimum Gasteiger partial charge on any atom is -0.496 e. The van der Waals surface area contributed by atoms with Crippen LogP contribution in [0.15, 0.2) is 35.4 Å². The van der Waals surface area contributed by atoms with Crippen LogP contribution in [0, 0.1) is 5.92 Å². The summed E-state index contributed by atoms with van der Waals surface area (Å²) >= 11 is 0. The number of benzene rings is 1. The van der Waals surface area contributed by atoms with Crippen LogP contribution in [0.4, 0.5) is 4.79 Å². The van der Waals surface area contributed by atoms with Gasteiger partial charge in [-0.25, -0.2) is 4.79 Å². The molecular weight excluding hydrogens is 318 g/mol. The highest BCUT2D eigenvalue weighted by Crippen LogP contribution is 2.36. The Balaban J connectivity index is 1.68. The molecule has 6 nitrogen and oxygen atoms in total. The molecule has 1 saturated carbocycles. The summed E-state index contributed by atoms with van der Waals surface area (Å²) in [6.07, 6.45) is 8.21. The number of carbonyl (C=O) groups is 2. The number of hydrazone groups is 1. The van der Waals surface area contributed by atoms with Crippen LogP contribution in [0.25, 0.3) is 6.08 Å². The Morgan fingerprint density at radius 2 is 2.00 bits per heavy atom. The van der Waals surface area contributed by atoms with Crippen molar-refractivity contribution >= 4 is 24.2 Å². The van der Waals surface area contributed by atoms with Gasteiger partial charge in [-0.15, -0.1) is 5.01 Å². The number of hydrogen-bond donors (Lipinski definition) is 1. The van der Waals surface area contributed by atoms with E-state index in [4.69, 9.17) is 4.74 Å². The van der Waals surface area contributed by atoms with Gasteiger partial charge in [0.2, 0.25) is 0 Å². The summed E-state index contributed by atoms with van der Waals surface area (Å²) in [4.78, 5) is 24.8. The number of rotatable bonds is 4. The number of hydrogen-bond acceptors (Lipinski definition) is 4. The minimum atomic E-state index is -0.757. The van der Waals surface area contributed by atoms with E-state index in [0.717, 1.165) is 29.2 Å². The van der Waals surface area contributed by atoms with E-state index in [1.54, 1.807) is 13.2 Å². The number of urea groups is 1. The number of methoxy groups -OCH3 is 1. The molecule has 2 aliphatic rings. The molecule has 1 aromatic rings. The summed E-state index contributed by atoms with van der Waals surface area (Å²) in [7, 11) is 1.61. The second-order valence-corrected chi connectivity index (χ2v) is 6.68. The molecule has 25 heavy (non-hydrogen) atoms. The number of ether oxygens (including phenoxy) is 1. The fourth-order valence-corrected chi connectivity index (χ4v) is 3.36. The molecular formula is C19H23N3O3. The fraction of sp³-hybridized carbons (Fsp3) is 0.421. The molecule has 132 valence electrons. The van der Waals surface area contributed by atoms with Crippen molar-refractivity contribution in [2.24, 2.45) is 11.0 Å². The van der Waals surface area contributed by atoms with Gasteiger partial charge in [0.05, 0.1) is 7.11 Å². The molecule has 1 spiro atoms. The number of nitrogens with zero attached hydrogens (tertiary/aromatic N) is 2. The fourth-order valence-electron chi connectivity index (χ4n) is 3.36. The van der Waals surface area contributed by atoms with Crippen LogP contribution in [0.5, 0.6) is 5.75 Å². The van der Waals surface area contributed by atoms with E-state index in [-0.39, 0.29) is 5.91 Å². The second kappa shape index (κ2) is 7.09. The number of amides is 3. The summed E-state index contributed by atoms with van der Waals surface area (Å²) in [5.41, 5.74) is 0.138. The predicted octanol–water partition coefficient (Wildman–Crippen LogP) is 3.19. The maximum Gasteiger partial charge on any atom is 0.346 e. The summed E-state index contributed by atoms with van der Waals surface area (Å²) in [6.45, 7) is 2.17. The van der Waals surface area contributed by atoms with Gasteiger partial charge in [0, 0.05) is 11.8 Å². The van der Waals surface area contributed by atoms with E-state index in [0.29, 0.717) is 18.8 Å². The van der Waals surface area contributed by atoms with Crippen LogP contribution in [-0.4, -0.2) is 35.8 Å². The number of allylic oxidation sites excluding steroid dienone is 1. The van der Waals surface area contributed by atoms with Crippen LogP contribution >= 0.6 is 0 Å². The van der Waals surface area contributed by atoms with Crippen molar-refractivity contribution in [3.63, 3.8) is 0 Å². The molecule has 2 fully saturated rings. The van der Waals surface area contributed by atoms with Crippen molar-refractivity contribution in [1.82, 2.24) is 10.3 Å². The Morgan fingerprint density at radius 3 is 2.72 bits per heavy atom. The maximum atomic E-state index is 12.6. The lowest BCUT2D eigenvalue weighted by molar-refractivity contribution is -0.132. The highest BCUT2D eigenvalue weighted by Gasteiger charge is 2.52. The Kier molecular flexibility index (Phi) is 4.88. The predicted molar refractivity (Wildman–Crippen MR) is 96.3 cm³/mol. The molecule has 3 amide bonds. The first-order chi connectivity index (χ1) is 12.1. The van der Waals surface area contributed by atoms with Crippen LogP contribution in [0.2, 0.25) is 0 Å². The normalized spacial score (nSPS) is 26.8. The molecule has 3 rings (SSSR count). The Bertz CT molecular complexity index is 718. The SMILES string of the molecule is COc1ccccc1C=CC=NN1C(=O)NC2(CCC(C)CC2)C1=O. The van der Waals surface area contributed by atoms with E-state index in [9.17, 15) is 9.59 Å². The quantitative estimate of drug-likeness (QED) is 0.675. The third kappa shape index (κ3) is 3.43. The summed E-state index contributed by atoms with van der Waals surface area (Å²) in [5.74, 6) is 1.10. The van der Waals surface area contributed by atoms with Crippen molar-refractivity contribution in [3.8, 4) is 5.75 Å². The molecule has 0 aromatic heterocycles. The lowest BCUT2D eigenvalue weighted by atomic mass is 9.77. The zero-order valence-electron chi connectivity index (χ0n) is 14.6. The van der Waals surface area contributed by atoms with E-state index >= 15 is 0 Å². The first-order valence-electron chi connectivity index (χ1n) is 8.56. The smallest absolute Gasteiger partial charge is 0.346 e. The van der Waals surface area contributed by atoms with Gasteiger partial charge >= 0.3 is 6.03 Å². The van der Waals surface area contributed by atoms with Gasteiger partial charge in [0.1, 0.15) is 11.3 Å². The molecule has 1 N–H and O–H groups in total. The Hall–Kier alpha value is -2.63. The lowest BCUT2D eigenvalue weighted by Crippen LogP contribution is -2.49. The zero-order valence-corrected chi connectivity index (χ0v) is 14.6. The largest absolute Gasteiger partial charge is 0.496 e. The van der Waals surface area contributed by atoms with Gasteiger partial charge in [-0.3, -0.25) is 4.79 Å². The van der Waals surface area contributed by atoms with E-state index in [1.165, 1.54) is 6.21 Å². The van der Waals surface area contributed by atoms with Gasteiger partial charge in [0.25, 0.3) is 5.91 Å². The highest BCUT2D eigenvalue weighted by molar-refractivity contribution is 6.07. The molecule has 1 aliphatic heterocycles. The molecule has 0 atom stereocenters. The third-order valence-electron chi connectivity index (χ3n) is 4.95. The van der Waals surface area contributed by atoms with Crippen LogP contribution in [0.1, 0.15) is 38.2 Å². The van der Waals surface area contributed by atoms with Crippen LogP contribution in [-0.2, 0) is 4.79 Å². The zero-order chi connectivity index (χ0) is 17.9. The third-order valence-corrected chi connectivity index (χ3v) is 4.95. The molecule has 1 aliphatic carbocycles. The summed E-state index contributed by atoms with van der Waals surface area (Å²) in [5, 5.41) is 7.84. The standard InChI is InChI=1S/C19H23N3O3/c1-14-9-11-19(12-10-14)17(23)22(18(24)21-19)20-13-5-7-15-6-3-4-8-16(15)25-2/h3-8,13-14H,9-12H2,1-2H3,(H,21,24). The molecule has 1 aromatic carbocycles. The Morgan fingerprint density at radius 1 is 1.28 bits per heavy atom. The molecule has 0 radical (unpaired) electrons. The summed E-state index contributed by atoms with van der Waals surface area (Å²) < 4.78 is 5.27. The number of nitrogens with one attached hydrogen (secondary N) is 1. The summed E-state index contributed by atoms with van der Waals surface area (Å²) in [6, 6.07) is 7.13. The molecule has 0 bridgehead atoms. The van der Waals surface area contributed by atoms with E-state index in [1.807, 2.05) is 30.3 Å². The second-order valence-electron chi connectivity index (χ2n) is 6.68. The van der Waals surface area contributed by atoms with Gasteiger partial charge in [-0.1, -0.05) is 25.1 Å². The lowest BCUT2D eigenvalue weighted by Gasteiger charge is -2.33. The van der Waals surface area contributed by atoms with Crippen molar-refractivity contribution < 1.29 is 14.3 Å². The minimum absolute atomic E-state index is 0.244. The van der Waals surface area contributed by atoms with Crippen molar-refractivity contribution in [3.05, 3.63) is 35.9 Å². The maximum absolute atomic E-state index is 12.6. The molecule has 0 unspecified atom stereocenters. The van der Waals surface area contributed by atoms with Crippen molar-refractivity contribution in [1.29, 1.82) is 0 Å². The average Bonchev–Trinajstić information content (AvgIpc) is 2.85. The van der Waals surface area contributed by atoms with Crippen LogP contribution < -0.4 is 10.1 Å². The highest BCUT2D eigenvalue weighted by atomic mass is 16.5. The van der Waals surface area contributed by atoms with Gasteiger partial charge in [0.15, 0.2) is 0 Å². The van der Waals surface area contributed by atoms with E-state index < -0.39 is 11.6 Å². The topological polar surface area (TPSA) is 71.0 Å². The van der Waals surface area contributed by atoms with Gasteiger partial charge in [-0.2, -0.15) is 5.10 Å². The first-order valence-corrected chi connectivity index (χ1v) is 8.56.